The Kier molecular flexibility index (Phi) is 7.23. The molecule has 0 heterocycles. The fourth-order valence-electron chi connectivity index (χ4n) is 0.308. The van der Waals surface area contributed by atoms with Gasteiger partial charge in [-0.2, -0.15) is 0 Å². The third-order valence-electron chi connectivity index (χ3n) is 0.657. The molecule has 0 aromatic heterocycles. The maximum Gasteiger partial charge on any atom is 0.148 e. The van der Waals surface area contributed by atoms with Gasteiger partial charge >= 0.3 is 0 Å². The van der Waals surface area contributed by atoms with Crippen LogP contribution in [0.25, 0.3) is 0 Å². The van der Waals surface area contributed by atoms with E-state index in [0.717, 1.165) is 0 Å². The predicted octanol–water partition coefficient (Wildman–Crippen LogP) is -0.495. The molecule has 3 heteroatoms. The Bertz CT molecular complexity index is 141. The lowest BCUT2D eigenvalue weighted by atomic mass is 10.6. The normalized spacial score (nSPS) is 9.00. The van der Waals surface area contributed by atoms with Crippen LogP contribution >= 0.6 is 0 Å². The average molecular weight is 142 g/mol. The first-order valence-electron chi connectivity index (χ1n) is 2.86. The summed E-state index contributed by atoms with van der Waals surface area (Å²) in [7, 11) is 0. The minimum Gasteiger partial charge on any atom is -0.489 e. The van der Waals surface area contributed by atoms with Gasteiger partial charge in [0.1, 0.15) is 13.2 Å². The number of hydrogen-bond acceptors (Lipinski definition) is 3. The van der Waals surface area contributed by atoms with Gasteiger partial charge in [-0.05, 0) is 6.08 Å². The summed E-state index contributed by atoms with van der Waals surface area (Å²) >= 11 is 0. The molecule has 0 radical (unpaired) electrons. The van der Waals surface area contributed by atoms with Gasteiger partial charge in [-0.3, -0.25) is 0 Å². The van der Waals surface area contributed by atoms with Crippen LogP contribution in [-0.4, -0.2) is 30.0 Å². The molecule has 10 heavy (non-hydrogen) atoms. The Morgan fingerprint density at radius 1 is 1.30 bits per heavy atom. The van der Waals surface area contributed by atoms with E-state index in [4.69, 9.17) is 14.9 Å². The summed E-state index contributed by atoms with van der Waals surface area (Å²) in [4.78, 5) is 0. The fraction of sp³-hybridized carbons (Fsp3) is 0.429. The Balaban J connectivity index is 3.12. The van der Waals surface area contributed by atoms with E-state index in [9.17, 15) is 0 Å². The monoisotopic (exact) mass is 142 g/mol. The van der Waals surface area contributed by atoms with Crippen molar-refractivity contribution in [2.75, 3.05) is 19.8 Å². The lowest BCUT2D eigenvalue weighted by Crippen LogP contribution is -1.83. The largest absolute Gasteiger partial charge is 0.489 e. The first-order chi connectivity index (χ1) is 4.91. The van der Waals surface area contributed by atoms with Gasteiger partial charge in [0.15, 0.2) is 0 Å². The summed E-state index contributed by atoms with van der Waals surface area (Å²) in [5, 5.41) is 16.4. The van der Waals surface area contributed by atoms with Crippen molar-refractivity contribution in [3.05, 3.63) is 12.3 Å². The average Bonchev–Trinajstić information content (AvgIpc) is 1.97. The molecular formula is C7H10O3. The minimum atomic E-state index is -0.146. The smallest absolute Gasteiger partial charge is 0.148 e. The molecule has 0 rings (SSSR count). The molecule has 0 aromatic carbocycles. The van der Waals surface area contributed by atoms with Crippen molar-refractivity contribution in [2.24, 2.45) is 0 Å². The van der Waals surface area contributed by atoms with E-state index in [-0.39, 0.29) is 19.8 Å². The summed E-state index contributed by atoms with van der Waals surface area (Å²) in [5.74, 6) is 4.95. The lowest BCUT2D eigenvalue weighted by molar-refractivity contribution is 0.284. The lowest BCUT2D eigenvalue weighted by Gasteiger charge is -1.88. The zero-order chi connectivity index (χ0) is 7.66. The van der Waals surface area contributed by atoms with Crippen molar-refractivity contribution >= 4 is 0 Å². The maximum absolute atomic E-state index is 8.23. The maximum atomic E-state index is 8.23. The van der Waals surface area contributed by atoms with E-state index in [1.54, 1.807) is 0 Å². The third kappa shape index (κ3) is 7.02. The topological polar surface area (TPSA) is 49.7 Å². The highest BCUT2D eigenvalue weighted by molar-refractivity contribution is 4.99. The summed E-state index contributed by atoms with van der Waals surface area (Å²) in [6.45, 7) is 0.0670. The zero-order valence-electron chi connectivity index (χ0n) is 5.58. The van der Waals surface area contributed by atoms with E-state index in [1.165, 1.54) is 12.3 Å². The van der Waals surface area contributed by atoms with Gasteiger partial charge in [0.2, 0.25) is 0 Å². The highest BCUT2D eigenvalue weighted by Gasteiger charge is 1.70. The van der Waals surface area contributed by atoms with Crippen LogP contribution in [0.1, 0.15) is 0 Å². The molecule has 0 aliphatic carbocycles. The van der Waals surface area contributed by atoms with Crippen molar-refractivity contribution in [3.8, 4) is 11.8 Å². The van der Waals surface area contributed by atoms with Crippen molar-refractivity contribution < 1.29 is 14.9 Å². The molecule has 3 nitrogen and oxygen atoms in total. The van der Waals surface area contributed by atoms with Crippen LogP contribution in [-0.2, 0) is 4.74 Å². The second-order valence-electron chi connectivity index (χ2n) is 1.38. The molecule has 0 atom stereocenters. The predicted molar refractivity (Wildman–Crippen MR) is 37.0 cm³/mol. The van der Waals surface area contributed by atoms with Crippen molar-refractivity contribution in [1.82, 2.24) is 0 Å². The van der Waals surface area contributed by atoms with Gasteiger partial charge in [-0.25, -0.2) is 0 Å². The van der Waals surface area contributed by atoms with Gasteiger partial charge in [0.05, 0.1) is 12.9 Å². The minimum absolute atomic E-state index is 0.0343. The second-order valence-corrected chi connectivity index (χ2v) is 1.38. The van der Waals surface area contributed by atoms with Crippen LogP contribution in [0.4, 0.5) is 0 Å². The van der Waals surface area contributed by atoms with E-state index in [2.05, 4.69) is 11.8 Å². The Morgan fingerprint density at radius 3 is 2.70 bits per heavy atom. The van der Waals surface area contributed by atoms with E-state index in [0.29, 0.717) is 0 Å². The summed E-state index contributed by atoms with van der Waals surface area (Å²) in [6.07, 6.45) is 2.83. The number of aliphatic hydroxyl groups excluding tert-OH is 2. The van der Waals surface area contributed by atoms with Gasteiger partial charge in [0, 0.05) is 0 Å². The van der Waals surface area contributed by atoms with Crippen LogP contribution in [0.2, 0.25) is 0 Å². The highest BCUT2D eigenvalue weighted by atomic mass is 16.5. The molecule has 2 N–H and O–H groups in total. The number of ether oxygens (including phenoxy) is 1. The van der Waals surface area contributed by atoms with Crippen LogP contribution in [0, 0.1) is 11.8 Å². The summed E-state index contributed by atoms with van der Waals surface area (Å²) in [6, 6.07) is 0. The first-order valence-corrected chi connectivity index (χ1v) is 2.86. The number of hydrogen-bond donors (Lipinski definition) is 2. The standard InChI is InChI=1S/C7H10O3/c8-4-1-2-6-10-7-3-5-9/h3,7-9H,4-6H2. The molecule has 0 bridgehead atoms. The van der Waals surface area contributed by atoms with E-state index in [1.807, 2.05) is 0 Å². The van der Waals surface area contributed by atoms with Gasteiger partial charge < -0.3 is 14.9 Å². The number of rotatable bonds is 3. The molecule has 0 aromatic rings. The summed E-state index contributed by atoms with van der Waals surface area (Å²) < 4.78 is 4.75. The highest BCUT2D eigenvalue weighted by Crippen LogP contribution is 1.74. The van der Waals surface area contributed by atoms with Gasteiger partial charge in [-0.1, -0.05) is 11.8 Å². The van der Waals surface area contributed by atoms with Crippen molar-refractivity contribution in [2.45, 2.75) is 0 Å². The van der Waals surface area contributed by atoms with Crippen LogP contribution in [0.5, 0.6) is 0 Å². The molecule has 0 fully saturated rings. The van der Waals surface area contributed by atoms with E-state index < -0.39 is 0 Å². The Morgan fingerprint density at radius 2 is 2.10 bits per heavy atom. The SMILES string of the molecule is OCC#CCOC=CCO. The number of aliphatic hydroxyl groups is 2. The van der Waals surface area contributed by atoms with Crippen LogP contribution in [0.15, 0.2) is 12.3 Å². The third-order valence-corrected chi connectivity index (χ3v) is 0.657. The Hall–Kier alpha value is -0.980. The summed E-state index contributed by atoms with van der Waals surface area (Å²) in [5.41, 5.74) is 0. The van der Waals surface area contributed by atoms with Crippen LogP contribution < -0.4 is 0 Å². The second kappa shape index (κ2) is 8.02. The molecule has 0 unspecified atom stereocenters. The molecule has 0 amide bonds. The van der Waals surface area contributed by atoms with Gasteiger partial charge in [-0.15, -0.1) is 0 Å². The molecule has 0 spiro atoms. The molecule has 0 saturated heterocycles. The quantitative estimate of drug-likeness (QED) is 0.317. The zero-order valence-corrected chi connectivity index (χ0v) is 5.58. The van der Waals surface area contributed by atoms with E-state index >= 15 is 0 Å². The van der Waals surface area contributed by atoms with Crippen LogP contribution in [0.3, 0.4) is 0 Å². The molecular weight excluding hydrogens is 132 g/mol. The molecule has 0 saturated carbocycles. The first kappa shape index (κ1) is 9.02. The van der Waals surface area contributed by atoms with Crippen molar-refractivity contribution in [1.29, 1.82) is 0 Å². The Labute approximate surface area is 59.9 Å². The van der Waals surface area contributed by atoms with Crippen molar-refractivity contribution in [3.63, 3.8) is 0 Å². The fourth-order valence-corrected chi connectivity index (χ4v) is 0.308. The van der Waals surface area contributed by atoms with Gasteiger partial charge in [0.25, 0.3) is 0 Å². The molecule has 56 valence electrons. The molecule has 0 aliphatic heterocycles. The molecule has 0 aliphatic rings.